The van der Waals surface area contributed by atoms with E-state index in [1.807, 2.05) is 0 Å². The normalized spacial score (nSPS) is 10.2. The van der Waals surface area contributed by atoms with Gasteiger partial charge in [-0.05, 0) is 18.2 Å². The Morgan fingerprint density at radius 1 is 1.53 bits per heavy atom. The van der Waals surface area contributed by atoms with Gasteiger partial charge < -0.3 is 10.4 Å². The number of carbonyl (C=O) groups is 1. The molecule has 1 amide bonds. The van der Waals surface area contributed by atoms with E-state index in [1.165, 1.54) is 6.07 Å². The topological polar surface area (TPSA) is 67.2 Å². The molecule has 0 bridgehead atoms. The van der Waals surface area contributed by atoms with E-state index in [0.29, 0.717) is 28.4 Å². The van der Waals surface area contributed by atoms with Gasteiger partial charge in [-0.15, -0.1) is 0 Å². The molecule has 2 aromatic rings. The van der Waals surface area contributed by atoms with Crippen molar-refractivity contribution >= 4 is 23.7 Å². The molecular formula is C11H10ClN3O2. The minimum absolute atomic E-state index is 0.0575. The van der Waals surface area contributed by atoms with Gasteiger partial charge in [-0.25, -0.2) is 0 Å². The number of benzene rings is 1. The number of aromatic hydroxyl groups is 1. The number of phenolic OH excluding ortho intramolecular Hbond substituents is 1. The first-order valence-electron chi connectivity index (χ1n) is 4.84. The second-order valence-corrected chi connectivity index (χ2v) is 3.93. The van der Waals surface area contributed by atoms with E-state index in [4.69, 9.17) is 11.6 Å². The Hall–Kier alpha value is -2.01. The van der Waals surface area contributed by atoms with Crippen LogP contribution in [-0.2, 0) is 11.8 Å². The van der Waals surface area contributed by atoms with E-state index < -0.39 is 0 Å². The molecule has 5 nitrogen and oxygen atoms in total. The molecule has 0 spiro atoms. The first-order valence-corrected chi connectivity index (χ1v) is 5.22. The monoisotopic (exact) mass is 251 g/mol. The highest BCUT2D eigenvalue weighted by Crippen LogP contribution is 2.34. The van der Waals surface area contributed by atoms with Crippen LogP contribution in [0.2, 0.25) is 5.02 Å². The molecule has 0 unspecified atom stereocenters. The predicted octanol–water partition coefficient (Wildman–Crippen LogP) is 2.01. The van der Waals surface area contributed by atoms with Crippen LogP contribution in [0.25, 0.3) is 11.3 Å². The van der Waals surface area contributed by atoms with Gasteiger partial charge in [0.05, 0.1) is 5.69 Å². The van der Waals surface area contributed by atoms with Crippen LogP contribution in [0, 0.1) is 0 Å². The van der Waals surface area contributed by atoms with E-state index in [9.17, 15) is 9.90 Å². The van der Waals surface area contributed by atoms with Gasteiger partial charge in [-0.3, -0.25) is 9.48 Å². The van der Waals surface area contributed by atoms with Gasteiger partial charge in [0, 0.05) is 23.8 Å². The number of hydrogen-bond donors (Lipinski definition) is 2. The lowest BCUT2D eigenvalue weighted by molar-refractivity contribution is -0.105. The average Bonchev–Trinajstić information content (AvgIpc) is 2.64. The summed E-state index contributed by atoms with van der Waals surface area (Å²) in [7, 11) is 1.72. The first kappa shape index (κ1) is 11.5. The molecule has 0 aliphatic heterocycles. The van der Waals surface area contributed by atoms with Crippen molar-refractivity contribution in [3.63, 3.8) is 0 Å². The molecule has 1 heterocycles. The highest BCUT2D eigenvalue weighted by Gasteiger charge is 2.13. The molecule has 2 rings (SSSR count). The Kier molecular flexibility index (Phi) is 3.01. The summed E-state index contributed by atoms with van der Waals surface area (Å²) in [6.45, 7) is 0. The van der Waals surface area contributed by atoms with Crippen molar-refractivity contribution in [3.8, 4) is 17.0 Å². The van der Waals surface area contributed by atoms with Crippen LogP contribution in [0.5, 0.6) is 5.75 Å². The number of anilines is 1. The number of hydrogen-bond acceptors (Lipinski definition) is 3. The van der Waals surface area contributed by atoms with E-state index in [-0.39, 0.29) is 5.75 Å². The number of rotatable bonds is 3. The molecule has 0 aliphatic carbocycles. The van der Waals surface area contributed by atoms with Crippen LogP contribution in [0.4, 0.5) is 5.69 Å². The summed E-state index contributed by atoms with van der Waals surface area (Å²) in [6, 6.07) is 4.66. The molecule has 0 saturated heterocycles. The van der Waals surface area contributed by atoms with Crippen LogP contribution in [0.3, 0.4) is 0 Å². The fraction of sp³-hybridized carbons (Fsp3) is 0.0909. The highest BCUT2D eigenvalue weighted by molar-refractivity contribution is 6.31. The van der Waals surface area contributed by atoms with Crippen molar-refractivity contribution in [2.75, 3.05) is 5.32 Å². The summed E-state index contributed by atoms with van der Waals surface area (Å²) in [5, 5.41) is 17.0. The number of aryl methyl sites for hydroxylation is 1. The number of phenols is 1. The molecule has 0 saturated carbocycles. The van der Waals surface area contributed by atoms with E-state index in [2.05, 4.69) is 10.4 Å². The summed E-state index contributed by atoms with van der Waals surface area (Å²) in [5.41, 5.74) is 1.46. The van der Waals surface area contributed by atoms with E-state index in [0.717, 1.165) is 0 Å². The summed E-state index contributed by atoms with van der Waals surface area (Å²) >= 11 is 5.87. The smallest absolute Gasteiger partial charge is 0.211 e. The third kappa shape index (κ3) is 2.24. The Bertz CT molecular complexity index is 566. The number of aromatic nitrogens is 2. The van der Waals surface area contributed by atoms with Gasteiger partial charge in [0.2, 0.25) is 6.41 Å². The molecule has 1 aromatic heterocycles. The number of halogens is 1. The lowest BCUT2D eigenvalue weighted by Gasteiger charge is -2.04. The Morgan fingerprint density at radius 3 is 3.00 bits per heavy atom. The maximum absolute atomic E-state index is 10.5. The number of nitrogens with one attached hydrogen (secondary N) is 1. The predicted molar refractivity (Wildman–Crippen MR) is 65.0 cm³/mol. The number of carbonyl (C=O) groups excluding carboxylic acids is 1. The molecule has 17 heavy (non-hydrogen) atoms. The minimum Gasteiger partial charge on any atom is -0.507 e. The summed E-state index contributed by atoms with van der Waals surface area (Å²) in [6.07, 6.45) is 2.20. The largest absolute Gasteiger partial charge is 0.507 e. The Balaban J connectivity index is 2.58. The van der Waals surface area contributed by atoms with Crippen LogP contribution in [0.15, 0.2) is 24.4 Å². The molecular weight excluding hydrogens is 242 g/mol. The zero-order chi connectivity index (χ0) is 12.4. The van der Waals surface area contributed by atoms with E-state index in [1.54, 1.807) is 30.1 Å². The second kappa shape index (κ2) is 4.47. The molecule has 0 radical (unpaired) electrons. The maximum Gasteiger partial charge on any atom is 0.211 e. The van der Waals surface area contributed by atoms with Crippen LogP contribution < -0.4 is 5.32 Å². The van der Waals surface area contributed by atoms with Crippen molar-refractivity contribution in [3.05, 3.63) is 29.4 Å². The van der Waals surface area contributed by atoms with Gasteiger partial charge in [-0.2, -0.15) is 5.10 Å². The number of amides is 1. The van der Waals surface area contributed by atoms with Gasteiger partial charge in [-0.1, -0.05) is 11.6 Å². The Morgan fingerprint density at radius 2 is 2.29 bits per heavy atom. The summed E-state index contributed by atoms with van der Waals surface area (Å²) < 4.78 is 1.54. The molecule has 2 N–H and O–H groups in total. The molecule has 0 aliphatic rings. The number of nitrogens with zero attached hydrogens (tertiary/aromatic N) is 2. The molecule has 6 heteroatoms. The lowest BCUT2D eigenvalue weighted by atomic mass is 10.1. The first-order chi connectivity index (χ1) is 8.11. The molecule has 0 atom stereocenters. The SMILES string of the molecule is Cn1cc(NC=O)c(-c2cc(Cl)ccc2O)n1. The standard InChI is InChI=1S/C11H10ClN3O2/c1-15-5-9(13-6-16)11(14-15)8-4-7(12)2-3-10(8)17/h2-6,17H,1H3,(H,13,16). The quantitative estimate of drug-likeness (QED) is 0.820. The molecule has 0 fully saturated rings. The third-order valence-electron chi connectivity index (χ3n) is 2.26. The van der Waals surface area contributed by atoms with Crippen LogP contribution in [-0.4, -0.2) is 21.3 Å². The maximum atomic E-state index is 10.5. The fourth-order valence-electron chi connectivity index (χ4n) is 1.55. The minimum atomic E-state index is 0.0575. The van der Waals surface area contributed by atoms with Crippen LogP contribution in [0.1, 0.15) is 0 Å². The Labute approximate surface area is 103 Å². The van der Waals surface area contributed by atoms with Gasteiger partial charge in [0.1, 0.15) is 11.4 Å². The third-order valence-corrected chi connectivity index (χ3v) is 2.49. The second-order valence-electron chi connectivity index (χ2n) is 3.49. The average molecular weight is 252 g/mol. The van der Waals surface area contributed by atoms with E-state index >= 15 is 0 Å². The van der Waals surface area contributed by atoms with Gasteiger partial charge in [0.15, 0.2) is 0 Å². The highest BCUT2D eigenvalue weighted by atomic mass is 35.5. The molecule has 88 valence electrons. The van der Waals surface area contributed by atoms with Crippen molar-refractivity contribution < 1.29 is 9.90 Å². The fourth-order valence-corrected chi connectivity index (χ4v) is 1.73. The van der Waals surface area contributed by atoms with Crippen LogP contribution >= 0.6 is 11.6 Å². The van der Waals surface area contributed by atoms with Crippen molar-refractivity contribution in [1.82, 2.24) is 9.78 Å². The zero-order valence-electron chi connectivity index (χ0n) is 9.01. The lowest BCUT2D eigenvalue weighted by Crippen LogP contribution is -1.94. The molecule has 1 aromatic carbocycles. The summed E-state index contributed by atoms with van der Waals surface area (Å²) in [4.78, 5) is 10.5. The van der Waals surface area contributed by atoms with Crippen molar-refractivity contribution in [2.24, 2.45) is 7.05 Å². The summed E-state index contributed by atoms with van der Waals surface area (Å²) in [5.74, 6) is 0.0575. The van der Waals surface area contributed by atoms with Gasteiger partial charge >= 0.3 is 0 Å². The van der Waals surface area contributed by atoms with Crippen molar-refractivity contribution in [2.45, 2.75) is 0 Å². The van der Waals surface area contributed by atoms with Gasteiger partial charge in [0.25, 0.3) is 0 Å². The zero-order valence-corrected chi connectivity index (χ0v) is 9.77. The van der Waals surface area contributed by atoms with Crippen molar-refractivity contribution in [1.29, 1.82) is 0 Å².